The van der Waals surface area contributed by atoms with E-state index in [4.69, 9.17) is 10.5 Å². The van der Waals surface area contributed by atoms with Crippen molar-refractivity contribution in [3.63, 3.8) is 0 Å². The monoisotopic (exact) mass is 237 g/mol. The molecular formula is C8H13F2N3OS. The van der Waals surface area contributed by atoms with E-state index in [-0.39, 0.29) is 6.61 Å². The van der Waals surface area contributed by atoms with Crippen LogP contribution in [0.15, 0.2) is 0 Å². The predicted molar refractivity (Wildman–Crippen MR) is 56.6 cm³/mol. The molecule has 4 nitrogen and oxygen atoms in total. The van der Waals surface area contributed by atoms with E-state index in [1.54, 1.807) is 0 Å². The van der Waals surface area contributed by atoms with Crippen molar-refractivity contribution < 1.29 is 13.5 Å². The number of hydrogen-bond donors (Lipinski definition) is 2. The van der Waals surface area contributed by atoms with Crippen molar-refractivity contribution in [2.24, 2.45) is 0 Å². The minimum Gasteiger partial charge on any atom is -0.383 e. The van der Waals surface area contributed by atoms with Crippen LogP contribution in [0.5, 0.6) is 0 Å². The third kappa shape index (κ3) is 3.96. The SMILES string of the molecule is Cc1c(N)nsc1NCCOCC(F)F. The first-order valence-corrected chi connectivity index (χ1v) is 5.20. The normalized spacial score (nSPS) is 10.9. The second-order valence-electron chi connectivity index (χ2n) is 2.91. The molecule has 1 heterocycles. The van der Waals surface area contributed by atoms with E-state index < -0.39 is 13.0 Å². The van der Waals surface area contributed by atoms with Gasteiger partial charge in [-0.25, -0.2) is 8.78 Å². The lowest BCUT2D eigenvalue weighted by Gasteiger charge is -2.05. The lowest BCUT2D eigenvalue weighted by atomic mass is 10.3. The van der Waals surface area contributed by atoms with Gasteiger partial charge in [0.15, 0.2) is 0 Å². The van der Waals surface area contributed by atoms with Gasteiger partial charge in [0.05, 0.1) is 6.61 Å². The van der Waals surface area contributed by atoms with Crippen molar-refractivity contribution >= 4 is 22.4 Å². The van der Waals surface area contributed by atoms with E-state index in [1.165, 1.54) is 11.5 Å². The van der Waals surface area contributed by atoms with Gasteiger partial charge in [-0.1, -0.05) is 0 Å². The summed E-state index contributed by atoms with van der Waals surface area (Å²) in [6.45, 7) is 2.03. The topological polar surface area (TPSA) is 60.2 Å². The van der Waals surface area contributed by atoms with E-state index in [2.05, 4.69) is 9.69 Å². The molecule has 0 aliphatic rings. The smallest absolute Gasteiger partial charge is 0.261 e. The minimum atomic E-state index is -2.41. The number of aromatic nitrogens is 1. The van der Waals surface area contributed by atoms with Gasteiger partial charge in [-0.3, -0.25) is 0 Å². The Morgan fingerprint density at radius 1 is 1.60 bits per heavy atom. The molecule has 15 heavy (non-hydrogen) atoms. The Balaban J connectivity index is 2.18. The van der Waals surface area contributed by atoms with Gasteiger partial charge in [-0.15, -0.1) is 0 Å². The molecule has 1 rings (SSSR count). The summed E-state index contributed by atoms with van der Waals surface area (Å²) < 4.78 is 32.0. The first kappa shape index (κ1) is 12.1. The molecule has 0 atom stereocenters. The summed E-state index contributed by atoms with van der Waals surface area (Å²) in [5.74, 6) is 0.496. The van der Waals surface area contributed by atoms with Crippen molar-refractivity contribution in [3.8, 4) is 0 Å². The molecule has 0 aliphatic carbocycles. The van der Waals surface area contributed by atoms with Gasteiger partial charge in [-0.2, -0.15) is 4.37 Å². The molecule has 0 fully saturated rings. The van der Waals surface area contributed by atoms with E-state index in [1.807, 2.05) is 6.92 Å². The molecule has 0 amide bonds. The minimum absolute atomic E-state index is 0.238. The summed E-state index contributed by atoms with van der Waals surface area (Å²) in [6.07, 6.45) is -2.41. The van der Waals surface area contributed by atoms with Gasteiger partial charge in [0, 0.05) is 12.1 Å². The van der Waals surface area contributed by atoms with Crippen LogP contribution >= 0.6 is 11.5 Å². The Hall–Kier alpha value is -0.950. The maximum absolute atomic E-state index is 11.7. The molecule has 0 bridgehead atoms. The van der Waals surface area contributed by atoms with E-state index in [9.17, 15) is 8.78 Å². The molecule has 0 spiro atoms. The Bertz CT molecular complexity index is 306. The lowest BCUT2D eigenvalue weighted by molar-refractivity contribution is 0.0215. The van der Waals surface area contributed by atoms with Gasteiger partial charge in [-0.05, 0) is 18.5 Å². The number of hydrogen-bond acceptors (Lipinski definition) is 5. The van der Waals surface area contributed by atoms with Gasteiger partial charge >= 0.3 is 0 Å². The molecule has 1 aromatic heterocycles. The van der Waals surface area contributed by atoms with Crippen LogP contribution in [0.4, 0.5) is 19.6 Å². The Kier molecular flexibility index (Phi) is 4.70. The zero-order valence-electron chi connectivity index (χ0n) is 8.30. The molecular weight excluding hydrogens is 224 g/mol. The lowest BCUT2D eigenvalue weighted by Crippen LogP contribution is -2.12. The number of anilines is 2. The van der Waals surface area contributed by atoms with E-state index >= 15 is 0 Å². The van der Waals surface area contributed by atoms with Crippen LogP contribution in [0.1, 0.15) is 5.56 Å². The summed E-state index contributed by atoms with van der Waals surface area (Å²) in [5.41, 5.74) is 6.42. The number of nitrogens with one attached hydrogen (secondary N) is 1. The summed E-state index contributed by atoms with van der Waals surface area (Å²) in [6, 6.07) is 0. The van der Waals surface area contributed by atoms with Crippen molar-refractivity contribution in [2.45, 2.75) is 13.3 Å². The van der Waals surface area contributed by atoms with Crippen LogP contribution in [0.2, 0.25) is 0 Å². The maximum Gasteiger partial charge on any atom is 0.261 e. The van der Waals surface area contributed by atoms with Crippen LogP contribution in [-0.4, -0.2) is 30.6 Å². The Morgan fingerprint density at radius 3 is 2.87 bits per heavy atom. The van der Waals surface area contributed by atoms with Crippen molar-refractivity contribution in [2.75, 3.05) is 30.8 Å². The zero-order chi connectivity index (χ0) is 11.3. The van der Waals surface area contributed by atoms with Gasteiger partial charge < -0.3 is 15.8 Å². The summed E-state index contributed by atoms with van der Waals surface area (Å²) in [5, 5.41) is 3.87. The van der Waals surface area contributed by atoms with Gasteiger partial charge in [0.1, 0.15) is 17.4 Å². The van der Waals surface area contributed by atoms with Gasteiger partial charge in [0.25, 0.3) is 6.43 Å². The summed E-state index contributed by atoms with van der Waals surface area (Å²) in [7, 11) is 0. The second-order valence-corrected chi connectivity index (χ2v) is 3.69. The predicted octanol–water partition coefficient (Wildman–Crippen LogP) is 1.73. The van der Waals surface area contributed by atoms with E-state index in [0.717, 1.165) is 10.6 Å². The Morgan fingerprint density at radius 2 is 2.33 bits per heavy atom. The first-order chi connectivity index (χ1) is 7.11. The van der Waals surface area contributed by atoms with Crippen molar-refractivity contribution in [3.05, 3.63) is 5.56 Å². The number of nitrogens with two attached hydrogens (primary N) is 1. The number of nitrogens with zero attached hydrogens (tertiary/aromatic N) is 1. The number of rotatable bonds is 6. The molecule has 7 heteroatoms. The number of alkyl halides is 2. The van der Waals surface area contributed by atoms with Crippen LogP contribution in [-0.2, 0) is 4.74 Å². The van der Waals surface area contributed by atoms with Crippen LogP contribution < -0.4 is 11.1 Å². The molecule has 3 N–H and O–H groups in total. The zero-order valence-corrected chi connectivity index (χ0v) is 9.11. The van der Waals surface area contributed by atoms with E-state index in [0.29, 0.717) is 12.4 Å². The fourth-order valence-electron chi connectivity index (χ4n) is 0.922. The third-order valence-corrected chi connectivity index (χ3v) is 2.66. The van der Waals surface area contributed by atoms with Crippen molar-refractivity contribution in [1.29, 1.82) is 0 Å². The molecule has 0 aromatic carbocycles. The van der Waals surface area contributed by atoms with Gasteiger partial charge in [0.2, 0.25) is 0 Å². The standard InChI is InChI=1S/C8H13F2N3OS/c1-5-7(11)13-15-8(5)12-2-3-14-4-6(9)10/h6,12H,2-4H2,1H3,(H2,11,13). The van der Waals surface area contributed by atoms with Crippen LogP contribution in [0, 0.1) is 6.92 Å². The fraction of sp³-hybridized carbons (Fsp3) is 0.625. The van der Waals surface area contributed by atoms with Crippen LogP contribution in [0.25, 0.3) is 0 Å². The number of nitrogen functional groups attached to an aromatic ring is 1. The third-order valence-electron chi connectivity index (χ3n) is 1.74. The summed E-state index contributed by atoms with van der Waals surface area (Å²) in [4.78, 5) is 0. The highest BCUT2D eigenvalue weighted by molar-refractivity contribution is 7.10. The molecule has 0 saturated carbocycles. The summed E-state index contributed by atoms with van der Waals surface area (Å²) >= 11 is 1.25. The second kappa shape index (κ2) is 5.82. The highest BCUT2D eigenvalue weighted by Crippen LogP contribution is 2.24. The average molecular weight is 237 g/mol. The molecule has 0 aliphatic heterocycles. The first-order valence-electron chi connectivity index (χ1n) is 4.42. The molecule has 86 valence electrons. The highest BCUT2D eigenvalue weighted by atomic mass is 32.1. The fourth-order valence-corrected chi connectivity index (χ4v) is 1.66. The maximum atomic E-state index is 11.7. The van der Waals surface area contributed by atoms with Crippen molar-refractivity contribution in [1.82, 2.24) is 4.37 Å². The average Bonchev–Trinajstić information content (AvgIpc) is 2.48. The highest BCUT2D eigenvalue weighted by Gasteiger charge is 2.05. The molecule has 0 radical (unpaired) electrons. The Labute approximate surface area is 90.6 Å². The molecule has 0 saturated heterocycles. The molecule has 0 unspecified atom stereocenters. The quantitative estimate of drug-likeness (QED) is 0.740. The number of halogens is 2. The van der Waals surface area contributed by atoms with Crippen LogP contribution in [0.3, 0.4) is 0 Å². The largest absolute Gasteiger partial charge is 0.383 e. The molecule has 1 aromatic rings. The number of ether oxygens (including phenoxy) is 1.